The largest absolute Gasteiger partial charge is 0.399 e. The third kappa shape index (κ3) is 4.53. The Hall–Kier alpha value is -0.670. The van der Waals surface area contributed by atoms with Gasteiger partial charge in [0.2, 0.25) is 0 Å². The monoisotopic (exact) mass is 211 g/mol. The average molecular weight is 211 g/mol. The first-order chi connectivity index (χ1) is 6.83. The van der Waals surface area contributed by atoms with E-state index in [1.807, 2.05) is 36.0 Å². The molecule has 1 aromatic carbocycles. The summed E-state index contributed by atoms with van der Waals surface area (Å²) in [6.07, 6.45) is 3.19. The van der Waals surface area contributed by atoms with Crippen molar-refractivity contribution in [2.24, 2.45) is 0 Å². The van der Waals surface area contributed by atoms with Crippen LogP contribution in [0, 0.1) is 0 Å². The van der Waals surface area contributed by atoms with Crippen LogP contribution in [0.15, 0.2) is 29.2 Å². The highest BCUT2D eigenvalue weighted by Crippen LogP contribution is 2.20. The molecule has 0 saturated carbocycles. The minimum Gasteiger partial charge on any atom is -0.399 e. The molecule has 3 heteroatoms. The summed E-state index contributed by atoms with van der Waals surface area (Å²) in [5.41, 5.74) is 6.40. The molecule has 0 aliphatic rings. The fourth-order valence-electron chi connectivity index (χ4n) is 1.14. The number of aliphatic hydroxyl groups excluding tert-OH is 1. The molecule has 0 spiro atoms. The quantitative estimate of drug-likeness (QED) is 0.432. The Balaban J connectivity index is 2.15. The molecule has 0 aliphatic carbocycles. The highest BCUT2D eigenvalue weighted by molar-refractivity contribution is 7.99. The number of hydrogen-bond donors (Lipinski definition) is 2. The number of nitrogen functional groups attached to an aromatic ring is 1. The zero-order valence-electron chi connectivity index (χ0n) is 8.28. The number of rotatable bonds is 6. The zero-order chi connectivity index (χ0) is 10.2. The van der Waals surface area contributed by atoms with E-state index in [0.717, 1.165) is 30.7 Å². The molecule has 78 valence electrons. The Bertz CT molecular complexity index is 248. The summed E-state index contributed by atoms with van der Waals surface area (Å²) < 4.78 is 0. The third-order valence-electron chi connectivity index (χ3n) is 1.95. The van der Waals surface area contributed by atoms with E-state index in [9.17, 15) is 0 Å². The lowest BCUT2D eigenvalue weighted by atomic mass is 10.3. The second-order valence-corrected chi connectivity index (χ2v) is 4.37. The first kappa shape index (κ1) is 11.4. The van der Waals surface area contributed by atoms with E-state index in [0.29, 0.717) is 6.61 Å². The Morgan fingerprint density at radius 3 is 2.43 bits per heavy atom. The number of benzene rings is 1. The highest BCUT2D eigenvalue weighted by Gasteiger charge is 1.93. The molecule has 14 heavy (non-hydrogen) atoms. The van der Waals surface area contributed by atoms with Crippen LogP contribution in [0.1, 0.15) is 19.3 Å². The Morgan fingerprint density at radius 2 is 1.79 bits per heavy atom. The number of unbranched alkanes of at least 4 members (excludes halogenated alkanes) is 2. The number of hydrogen-bond acceptors (Lipinski definition) is 3. The molecular formula is C11H17NOS. The zero-order valence-corrected chi connectivity index (χ0v) is 9.09. The normalized spacial score (nSPS) is 10.4. The predicted octanol–water partition coefficient (Wildman–Crippen LogP) is 2.52. The summed E-state index contributed by atoms with van der Waals surface area (Å²) in [5, 5.41) is 8.59. The molecule has 0 heterocycles. The Labute approximate surface area is 89.5 Å². The first-order valence-corrected chi connectivity index (χ1v) is 5.90. The van der Waals surface area contributed by atoms with Gasteiger partial charge in [0.25, 0.3) is 0 Å². The van der Waals surface area contributed by atoms with E-state index < -0.39 is 0 Å². The van der Waals surface area contributed by atoms with Crippen molar-refractivity contribution < 1.29 is 5.11 Å². The summed E-state index contributed by atoms with van der Waals surface area (Å²) in [4.78, 5) is 1.27. The number of anilines is 1. The van der Waals surface area contributed by atoms with Crippen LogP contribution in [0.5, 0.6) is 0 Å². The van der Waals surface area contributed by atoms with Crippen LogP contribution in [-0.2, 0) is 0 Å². The van der Waals surface area contributed by atoms with Crippen LogP contribution in [0.4, 0.5) is 5.69 Å². The summed E-state index contributed by atoms with van der Waals surface area (Å²) >= 11 is 1.84. The lowest BCUT2D eigenvalue weighted by Crippen LogP contribution is -1.86. The maximum atomic E-state index is 8.59. The Morgan fingerprint density at radius 1 is 1.07 bits per heavy atom. The smallest absolute Gasteiger partial charge is 0.0431 e. The predicted molar refractivity (Wildman–Crippen MR) is 62.5 cm³/mol. The van der Waals surface area contributed by atoms with E-state index in [-0.39, 0.29) is 0 Å². The first-order valence-electron chi connectivity index (χ1n) is 4.92. The molecule has 0 atom stereocenters. The molecule has 0 saturated heterocycles. The second-order valence-electron chi connectivity index (χ2n) is 3.20. The maximum absolute atomic E-state index is 8.59. The molecule has 0 radical (unpaired) electrons. The summed E-state index contributed by atoms with van der Waals surface area (Å²) in [5.74, 6) is 1.11. The number of thioether (sulfide) groups is 1. The second kappa shape index (κ2) is 6.74. The van der Waals surface area contributed by atoms with Gasteiger partial charge in [0, 0.05) is 17.2 Å². The van der Waals surface area contributed by atoms with Gasteiger partial charge >= 0.3 is 0 Å². The van der Waals surface area contributed by atoms with Gasteiger partial charge in [0.15, 0.2) is 0 Å². The highest BCUT2D eigenvalue weighted by atomic mass is 32.2. The van der Waals surface area contributed by atoms with Crippen molar-refractivity contribution in [1.29, 1.82) is 0 Å². The van der Waals surface area contributed by atoms with Gasteiger partial charge < -0.3 is 10.8 Å². The van der Waals surface area contributed by atoms with Crippen LogP contribution in [0.3, 0.4) is 0 Å². The van der Waals surface area contributed by atoms with Crippen molar-refractivity contribution >= 4 is 17.4 Å². The molecule has 0 fully saturated rings. The maximum Gasteiger partial charge on any atom is 0.0431 e. The molecule has 0 aliphatic heterocycles. The number of aliphatic hydroxyl groups is 1. The van der Waals surface area contributed by atoms with Crippen molar-refractivity contribution in [3.8, 4) is 0 Å². The van der Waals surface area contributed by atoms with Gasteiger partial charge in [-0.25, -0.2) is 0 Å². The van der Waals surface area contributed by atoms with E-state index in [2.05, 4.69) is 0 Å². The molecule has 1 rings (SSSR count). The Kier molecular flexibility index (Phi) is 5.49. The van der Waals surface area contributed by atoms with Crippen LogP contribution in [0.25, 0.3) is 0 Å². The van der Waals surface area contributed by atoms with Crippen LogP contribution in [-0.4, -0.2) is 17.5 Å². The topological polar surface area (TPSA) is 46.2 Å². The summed E-state index contributed by atoms with van der Waals surface area (Å²) in [7, 11) is 0. The van der Waals surface area contributed by atoms with Crippen molar-refractivity contribution in [2.45, 2.75) is 24.2 Å². The lowest BCUT2D eigenvalue weighted by molar-refractivity contribution is 0.284. The third-order valence-corrected chi connectivity index (χ3v) is 3.05. The summed E-state index contributed by atoms with van der Waals surface area (Å²) in [6.45, 7) is 0.312. The number of nitrogens with two attached hydrogens (primary N) is 1. The fourth-order valence-corrected chi connectivity index (χ4v) is 2.06. The van der Waals surface area contributed by atoms with Gasteiger partial charge in [-0.1, -0.05) is 6.42 Å². The standard InChI is InChI=1S/C11H17NOS/c12-10-4-6-11(7-5-10)14-9-3-1-2-8-13/h4-7,13H,1-3,8-9,12H2. The van der Waals surface area contributed by atoms with E-state index in [4.69, 9.17) is 10.8 Å². The molecular weight excluding hydrogens is 194 g/mol. The van der Waals surface area contributed by atoms with Crippen LogP contribution < -0.4 is 5.73 Å². The van der Waals surface area contributed by atoms with Gasteiger partial charge in [0.05, 0.1) is 0 Å². The molecule has 2 nitrogen and oxygen atoms in total. The van der Waals surface area contributed by atoms with Gasteiger partial charge in [-0.3, -0.25) is 0 Å². The van der Waals surface area contributed by atoms with E-state index in [1.165, 1.54) is 4.90 Å². The van der Waals surface area contributed by atoms with Gasteiger partial charge in [-0.2, -0.15) is 0 Å². The lowest BCUT2D eigenvalue weighted by Gasteiger charge is -2.01. The molecule has 1 aromatic rings. The minimum absolute atomic E-state index is 0.312. The average Bonchev–Trinajstić information content (AvgIpc) is 2.21. The van der Waals surface area contributed by atoms with Gasteiger partial charge in [0.1, 0.15) is 0 Å². The molecule has 0 unspecified atom stereocenters. The summed E-state index contributed by atoms with van der Waals surface area (Å²) in [6, 6.07) is 7.95. The molecule has 0 aromatic heterocycles. The van der Waals surface area contributed by atoms with E-state index >= 15 is 0 Å². The molecule has 3 N–H and O–H groups in total. The van der Waals surface area contributed by atoms with Crippen molar-refractivity contribution in [3.05, 3.63) is 24.3 Å². The van der Waals surface area contributed by atoms with Gasteiger partial charge in [-0.15, -0.1) is 11.8 Å². The molecule has 0 amide bonds. The van der Waals surface area contributed by atoms with Crippen LogP contribution in [0.2, 0.25) is 0 Å². The SMILES string of the molecule is Nc1ccc(SCCCCCO)cc1. The molecule has 0 bridgehead atoms. The van der Waals surface area contributed by atoms with Crippen molar-refractivity contribution in [3.63, 3.8) is 0 Å². The van der Waals surface area contributed by atoms with Crippen molar-refractivity contribution in [1.82, 2.24) is 0 Å². The van der Waals surface area contributed by atoms with E-state index in [1.54, 1.807) is 0 Å². The van der Waals surface area contributed by atoms with Gasteiger partial charge in [-0.05, 0) is 42.9 Å². The fraction of sp³-hybridized carbons (Fsp3) is 0.455. The minimum atomic E-state index is 0.312. The van der Waals surface area contributed by atoms with Crippen LogP contribution >= 0.6 is 11.8 Å². The van der Waals surface area contributed by atoms with Crippen molar-refractivity contribution in [2.75, 3.05) is 18.1 Å².